The quantitative estimate of drug-likeness (QED) is 0.171. The van der Waals surface area contributed by atoms with Gasteiger partial charge in [0.2, 0.25) is 0 Å². The predicted molar refractivity (Wildman–Crippen MR) is 157 cm³/mol. The third-order valence-corrected chi connectivity index (χ3v) is 5.96. The van der Waals surface area contributed by atoms with Gasteiger partial charge in [0.05, 0.1) is 14.2 Å². The third-order valence-electron chi connectivity index (χ3n) is 5.96. The Bertz CT molecular complexity index is 635. The van der Waals surface area contributed by atoms with Crippen molar-refractivity contribution >= 4 is 34.0 Å². The molecule has 0 bridgehead atoms. The molecule has 4 nitrogen and oxygen atoms in total. The molecular weight excluding hydrogens is 556 g/mol. The molecular formula is C28H46Br2N2O2. The van der Waals surface area contributed by atoms with Crippen LogP contribution in [0.4, 0.5) is 0 Å². The summed E-state index contributed by atoms with van der Waals surface area (Å²) in [6.07, 6.45) is 13.0. The number of halogens is 2. The number of ether oxygens (including phenoxy) is 2. The normalized spacial score (nSPS) is 10.3. The first-order valence-electron chi connectivity index (χ1n) is 12.5. The Hall–Kier alpha value is -1.08. The number of hydrogen-bond donors (Lipinski definition) is 2. The first kappa shape index (κ1) is 32.9. The van der Waals surface area contributed by atoms with Crippen molar-refractivity contribution in [3.05, 3.63) is 59.7 Å². The van der Waals surface area contributed by atoms with Gasteiger partial charge < -0.3 is 20.1 Å². The minimum Gasteiger partial charge on any atom is -0.497 e. The van der Waals surface area contributed by atoms with Crippen LogP contribution in [0.25, 0.3) is 0 Å². The summed E-state index contributed by atoms with van der Waals surface area (Å²) in [6, 6.07) is 16.8. The maximum absolute atomic E-state index is 5.20. The van der Waals surface area contributed by atoms with Gasteiger partial charge in [0.15, 0.2) is 0 Å². The highest BCUT2D eigenvalue weighted by Gasteiger charge is 1.97. The van der Waals surface area contributed by atoms with Crippen LogP contribution in [0.3, 0.4) is 0 Å². The standard InChI is InChI=1S/C28H44N2O2.2BrH/c1-31-27-15-11-25(12-16-27)19-23-29-21-9-7-5-3-4-6-8-10-22-30-24-20-26-13-17-28(32-2)18-14-26;;/h11-18,29-30H,3-10,19-24H2,1-2H3;2*1H. The lowest BCUT2D eigenvalue weighted by Gasteiger charge is -2.07. The number of rotatable bonds is 19. The summed E-state index contributed by atoms with van der Waals surface area (Å²) in [4.78, 5) is 0. The van der Waals surface area contributed by atoms with Crippen molar-refractivity contribution in [2.75, 3.05) is 40.4 Å². The van der Waals surface area contributed by atoms with Gasteiger partial charge in [0.1, 0.15) is 11.5 Å². The fourth-order valence-corrected chi connectivity index (χ4v) is 3.86. The van der Waals surface area contributed by atoms with Gasteiger partial charge in [-0.25, -0.2) is 0 Å². The van der Waals surface area contributed by atoms with Crippen LogP contribution in [-0.4, -0.2) is 40.4 Å². The molecule has 0 spiro atoms. The zero-order valence-corrected chi connectivity index (χ0v) is 24.6. The van der Waals surface area contributed by atoms with Gasteiger partial charge in [0, 0.05) is 0 Å². The van der Waals surface area contributed by atoms with Crippen LogP contribution in [-0.2, 0) is 12.8 Å². The molecule has 2 N–H and O–H groups in total. The topological polar surface area (TPSA) is 42.5 Å². The van der Waals surface area contributed by atoms with Gasteiger partial charge in [0.25, 0.3) is 0 Å². The zero-order valence-electron chi connectivity index (χ0n) is 21.2. The highest BCUT2D eigenvalue weighted by molar-refractivity contribution is 8.93. The fourth-order valence-electron chi connectivity index (χ4n) is 3.86. The number of benzene rings is 2. The lowest BCUT2D eigenvalue weighted by atomic mass is 10.1. The van der Waals surface area contributed by atoms with Gasteiger partial charge >= 0.3 is 0 Å². The predicted octanol–water partition coefficient (Wildman–Crippen LogP) is 6.94. The number of hydrogen-bond acceptors (Lipinski definition) is 4. The minimum atomic E-state index is 0. The maximum Gasteiger partial charge on any atom is 0.118 e. The number of methoxy groups -OCH3 is 2. The van der Waals surface area contributed by atoms with E-state index in [-0.39, 0.29) is 34.0 Å². The van der Waals surface area contributed by atoms with Gasteiger partial charge in [-0.2, -0.15) is 0 Å². The minimum absolute atomic E-state index is 0. The molecule has 0 radical (unpaired) electrons. The molecule has 0 unspecified atom stereocenters. The number of nitrogens with one attached hydrogen (secondary N) is 2. The van der Waals surface area contributed by atoms with Crippen molar-refractivity contribution in [3.63, 3.8) is 0 Å². The van der Waals surface area contributed by atoms with Crippen molar-refractivity contribution in [2.24, 2.45) is 0 Å². The molecule has 0 heterocycles. The molecule has 0 atom stereocenters. The lowest BCUT2D eigenvalue weighted by Crippen LogP contribution is -2.18. The van der Waals surface area contributed by atoms with E-state index in [1.807, 2.05) is 24.3 Å². The Kier molecular flexibility index (Phi) is 21.7. The second kappa shape index (κ2) is 22.4. The first-order chi connectivity index (χ1) is 15.8. The first-order valence-corrected chi connectivity index (χ1v) is 12.5. The average molecular weight is 602 g/mol. The summed E-state index contributed by atoms with van der Waals surface area (Å²) >= 11 is 0. The molecule has 2 aromatic carbocycles. The largest absolute Gasteiger partial charge is 0.497 e. The second-order valence-corrected chi connectivity index (χ2v) is 8.52. The summed E-state index contributed by atoms with van der Waals surface area (Å²) in [7, 11) is 3.42. The molecule has 34 heavy (non-hydrogen) atoms. The van der Waals surface area contributed by atoms with Gasteiger partial charge in [-0.3, -0.25) is 0 Å². The SMILES string of the molecule is Br.Br.COc1ccc(CCNCCCCCCCCCCNCCc2ccc(OC)cc2)cc1. The van der Waals surface area contributed by atoms with Crippen molar-refractivity contribution in [2.45, 2.75) is 64.2 Å². The zero-order chi connectivity index (χ0) is 22.7. The fraction of sp³-hybridized carbons (Fsp3) is 0.571. The van der Waals surface area contributed by atoms with Crippen molar-refractivity contribution < 1.29 is 9.47 Å². The van der Waals surface area contributed by atoms with E-state index in [9.17, 15) is 0 Å². The van der Waals surface area contributed by atoms with E-state index in [0.29, 0.717) is 0 Å². The molecule has 0 aliphatic rings. The molecule has 0 aromatic heterocycles. The van der Waals surface area contributed by atoms with E-state index in [0.717, 1.165) is 50.5 Å². The highest BCUT2D eigenvalue weighted by atomic mass is 79.9. The van der Waals surface area contributed by atoms with Crippen molar-refractivity contribution in [3.8, 4) is 11.5 Å². The van der Waals surface area contributed by atoms with Crippen LogP contribution < -0.4 is 20.1 Å². The van der Waals surface area contributed by atoms with Crippen LogP contribution in [0.5, 0.6) is 11.5 Å². The summed E-state index contributed by atoms with van der Waals surface area (Å²) in [5.74, 6) is 1.86. The monoisotopic (exact) mass is 600 g/mol. The summed E-state index contributed by atoms with van der Waals surface area (Å²) in [5.41, 5.74) is 2.73. The molecule has 194 valence electrons. The third kappa shape index (κ3) is 15.8. The Morgan fingerprint density at radius 2 is 0.794 bits per heavy atom. The van der Waals surface area contributed by atoms with E-state index < -0.39 is 0 Å². The molecule has 0 aliphatic carbocycles. The van der Waals surface area contributed by atoms with E-state index in [1.165, 1.54) is 62.5 Å². The van der Waals surface area contributed by atoms with E-state index in [4.69, 9.17) is 9.47 Å². The van der Waals surface area contributed by atoms with E-state index in [1.54, 1.807) is 14.2 Å². The van der Waals surface area contributed by atoms with E-state index >= 15 is 0 Å². The Morgan fingerprint density at radius 1 is 0.471 bits per heavy atom. The van der Waals surface area contributed by atoms with Crippen LogP contribution in [0.1, 0.15) is 62.5 Å². The highest BCUT2D eigenvalue weighted by Crippen LogP contribution is 2.12. The molecule has 0 saturated carbocycles. The van der Waals surface area contributed by atoms with Crippen LogP contribution in [0, 0.1) is 0 Å². The van der Waals surface area contributed by atoms with Crippen molar-refractivity contribution in [1.29, 1.82) is 0 Å². The molecule has 0 fully saturated rings. The second-order valence-electron chi connectivity index (χ2n) is 8.52. The van der Waals surface area contributed by atoms with Crippen LogP contribution >= 0.6 is 34.0 Å². The summed E-state index contributed by atoms with van der Waals surface area (Å²) in [5, 5.41) is 7.14. The van der Waals surface area contributed by atoms with Gasteiger partial charge in [-0.05, 0) is 87.3 Å². The Labute approximate surface area is 229 Å². The maximum atomic E-state index is 5.20. The molecule has 2 aromatic rings. The number of unbranched alkanes of at least 4 members (excludes halogenated alkanes) is 7. The summed E-state index contributed by atoms with van der Waals surface area (Å²) in [6.45, 7) is 4.39. The van der Waals surface area contributed by atoms with Gasteiger partial charge in [-0.15, -0.1) is 34.0 Å². The molecule has 0 aliphatic heterocycles. The molecule has 6 heteroatoms. The molecule has 0 amide bonds. The lowest BCUT2D eigenvalue weighted by molar-refractivity contribution is 0.414. The smallest absolute Gasteiger partial charge is 0.118 e. The Balaban J connectivity index is 0.00000544. The van der Waals surface area contributed by atoms with Gasteiger partial charge in [-0.1, -0.05) is 62.8 Å². The van der Waals surface area contributed by atoms with E-state index in [2.05, 4.69) is 34.9 Å². The van der Waals surface area contributed by atoms with Crippen LogP contribution in [0.15, 0.2) is 48.5 Å². The van der Waals surface area contributed by atoms with Crippen molar-refractivity contribution in [1.82, 2.24) is 10.6 Å². The molecule has 0 saturated heterocycles. The molecule has 2 rings (SSSR count). The van der Waals surface area contributed by atoms with Crippen LogP contribution in [0.2, 0.25) is 0 Å². The average Bonchev–Trinajstić information content (AvgIpc) is 2.84. The summed E-state index contributed by atoms with van der Waals surface area (Å²) < 4.78 is 10.4. The Morgan fingerprint density at radius 3 is 1.12 bits per heavy atom.